The third-order valence-electron chi connectivity index (χ3n) is 5.13. The fourth-order valence-corrected chi connectivity index (χ4v) is 3.45. The topological polar surface area (TPSA) is 44.8 Å². The quantitative estimate of drug-likeness (QED) is 0.796. The molecule has 0 aromatic heterocycles. The Bertz CT molecular complexity index is 774. The molecule has 28 heavy (non-hydrogen) atoms. The van der Waals surface area contributed by atoms with Gasteiger partial charge in [-0.25, -0.2) is 4.39 Å². The first kappa shape index (κ1) is 20.1. The lowest BCUT2D eigenvalue weighted by molar-refractivity contribution is -0.126. The van der Waals surface area contributed by atoms with Crippen LogP contribution in [-0.2, 0) is 11.3 Å². The zero-order valence-electron chi connectivity index (χ0n) is 16.5. The normalized spacial score (nSPS) is 15.9. The number of rotatable bonds is 7. The van der Waals surface area contributed by atoms with Crippen LogP contribution in [-0.4, -0.2) is 49.6 Å². The second kappa shape index (κ2) is 9.55. The molecule has 0 bridgehead atoms. The summed E-state index contributed by atoms with van der Waals surface area (Å²) in [6.07, 6.45) is 0. The van der Waals surface area contributed by atoms with Gasteiger partial charge in [-0.1, -0.05) is 24.3 Å². The number of carbonyl (C=O) groups excluding carboxylic acids is 1. The Hall–Kier alpha value is -2.60. The van der Waals surface area contributed by atoms with E-state index in [1.807, 2.05) is 32.0 Å². The highest BCUT2D eigenvalue weighted by atomic mass is 19.1. The number of para-hydroxylation sites is 2. The molecule has 0 aliphatic carbocycles. The maximum atomic E-state index is 13.0. The van der Waals surface area contributed by atoms with E-state index < -0.39 is 0 Å². The number of halogens is 1. The van der Waals surface area contributed by atoms with Crippen LogP contribution in [0.25, 0.3) is 0 Å². The van der Waals surface area contributed by atoms with Crippen LogP contribution in [0.2, 0.25) is 0 Å². The van der Waals surface area contributed by atoms with Gasteiger partial charge in [-0.15, -0.1) is 0 Å². The molecule has 2 aromatic rings. The molecule has 1 fully saturated rings. The summed E-state index contributed by atoms with van der Waals surface area (Å²) in [5, 5.41) is 2.95. The van der Waals surface area contributed by atoms with Crippen LogP contribution in [0.5, 0.6) is 5.75 Å². The Morgan fingerprint density at radius 3 is 2.46 bits per heavy atom. The molecule has 150 valence electrons. The van der Waals surface area contributed by atoms with Crippen LogP contribution >= 0.6 is 0 Å². The van der Waals surface area contributed by atoms with Gasteiger partial charge < -0.3 is 15.0 Å². The van der Waals surface area contributed by atoms with Crippen LogP contribution in [0.15, 0.2) is 48.5 Å². The average Bonchev–Trinajstić information content (AvgIpc) is 2.73. The summed E-state index contributed by atoms with van der Waals surface area (Å²) in [6, 6.07) is 14.1. The lowest BCUT2D eigenvalue weighted by Crippen LogP contribution is -2.53. The highest BCUT2D eigenvalue weighted by Gasteiger charge is 2.26. The van der Waals surface area contributed by atoms with Crippen molar-refractivity contribution in [3.8, 4) is 5.75 Å². The lowest BCUT2D eigenvalue weighted by atomic mass is 10.1. The van der Waals surface area contributed by atoms with Crippen LogP contribution in [0.1, 0.15) is 19.4 Å². The predicted octanol–water partition coefficient (Wildman–Crippen LogP) is 3.05. The Kier molecular flexibility index (Phi) is 6.87. The SMILES string of the molecule is CCOc1ccccc1N1CCN(C(C)C(=O)NCc2ccc(F)cc2)CC1. The second-order valence-corrected chi connectivity index (χ2v) is 6.94. The first-order valence-electron chi connectivity index (χ1n) is 9.81. The first-order valence-corrected chi connectivity index (χ1v) is 9.81. The Balaban J connectivity index is 1.51. The molecule has 1 saturated heterocycles. The van der Waals surface area contributed by atoms with E-state index in [1.165, 1.54) is 12.1 Å². The molecule has 1 aliphatic rings. The number of anilines is 1. The van der Waals surface area contributed by atoms with Gasteiger partial charge in [-0.05, 0) is 43.7 Å². The van der Waals surface area contributed by atoms with Crippen molar-refractivity contribution >= 4 is 11.6 Å². The predicted molar refractivity (Wildman–Crippen MR) is 109 cm³/mol. The van der Waals surface area contributed by atoms with Crippen LogP contribution < -0.4 is 15.0 Å². The number of carbonyl (C=O) groups is 1. The van der Waals surface area contributed by atoms with E-state index in [2.05, 4.69) is 21.2 Å². The molecule has 1 aliphatic heterocycles. The smallest absolute Gasteiger partial charge is 0.237 e. The number of hydrogen-bond donors (Lipinski definition) is 1. The molecular weight excluding hydrogens is 357 g/mol. The Morgan fingerprint density at radius 2 is 1.79 bits per heavy atom. The first-order chi connectivity index (χ1) is 13.6. The van der Waals surface area contributed by atoms with E-state index in [4.69, 9.17) is 4.74 Å². The minimum Gasteiger partial charge on any atom is -0.492 e. The van der Waals surface area contributed by atoms with Crippen molar-refractivity contribution in [3.05, 3.63) is 59.9 Å². The van der Waals surface area contributed by atoms with E-state index in [1.54, 1.807) is 12.1 Å². The van der Waals surface area contributed by atoms with Crippen molar-refractivity contribution in [1.82, 2.24) is 10.2 Å². The van der Waals surface area contributed by atoms with E-state index in [9.17, 15) is 9.18 Å². The Labute approximate surface area is 166 Å². The van der Waals surface area contributed by atoms with Crippen LogP contribution in [0, 0.1) is 5.82 Å². The number of hydrogen-bond acceptors (Lipinski definition) is 4. The van der Waals surface area contributed by atoms with Crippen molar-refractivity contribution in [1.29, 1.82) is 0 Å². The van der Waals surface area contributed by atoms with Crippen molar-refractivity contribution in [2.45, 2.75) is 26.4 Å². The Morgan fingerprint density at radius 1 is 1.11 bits per heavy atom. The van der Waals surface area contributed by atoms with Gasteiger partial charge in [0.1, 0.15) is 11.6 Å². The van der Waals surface area contributed by atoms with Gasteiger partial charge in [-0.2, -0.15) is 0 Å². The van der Waals surface area contributed by atoms with Gasteiger partial charge in [0.15, 0.2) is 0 Å². The molecule has 2 aromatic carbocycles. The summed E-state index contributed by atoms with van der Waals surface area (Å²) < 4.78 is 18.7. The number of nitrogens with zero attached hydrogens (tertiary/aromatic N) is 2. The molecule has 1 atom stereocenters. The molecule has 0 saturated carbocycles. The number of benzene rings is 2. The third-order valence-corrected chi connectivity index (χ3v) is 5.13. The van der Waals surface area contributed by atoms with Gasteiger partial charge in [0, 0.05) is 32.7 Å². The van der Waals surface area contributed by atoms with E-state index in [0.717, 1.165) is 43.2 Å². The molecule has 1 heterocycles. The van der Waals surface area contributed by atoms with E-state index in [0.29, 0.717) is 13.2 Å². The summed E-state index contributed by atoms with van der Waals surface area (Å²) in [5.41, 5.74) is 2.00. The van der Waals surface area contributed by atoms with Gasteiger partial charge in [0.2, 0.25) is 5.91 Å². The van der Waals surface area contributed by atoms with Gasteiger partial charge in [0.05, 0.1) is 18.3 Å². The molecule has 1 amide bonds. The molecule has 3 rings (SSSR count). The van der Waals surface area contributed by atoms with Crippen molar-refractivity contribution in [2.24, 2.45) is 0 Å². The summed E-state index contributed by atoms with van der Waals surface area (Å²) >= 11 is 0. The monoisotopic (exact) mass is 385 g/mol. The molecule has 1 unspecified atom stereocenters. The zero-order chi connectivity index (χ0) is 19.9. The highest BCUT2D eigenvalue weighted by molar-refractivity contribution is 5.81. The molecule has 6 heteroatoms. The maximum absolute atomic E-state index is 13.0. The number of nitrogens with one attached hydrogen (secondary N) is 1. The standard InChI is InChI=1S/C22H28FN3O2/c1-3-28-21-7-5-4-6-20(21)26-14-12-25(13-15-26)17(2)22(27)24-16-18-8-10-19(23)11-9-18/h4-11,17H,3,12-16H2,1-2H3,(H,24,27). The van der Waals surface area contributed by atoms with Crippen molar-refractivity contribution < 1.29 is 13.9 Å². The number of ether oxygens (including phenoxy) is 1. The molecule has 1 N–H and O–H groups in total. The second-order valence-electron chi connectivity index (χ2n) is 6.94. The van der Waals surface area contributed by atoms with Gasteiger partial charge >= 0.3 is 0 Å². The number of amides is 1. The maximum Gasteiger partial charge on any atom is 0.237 e. The summed E-state index contributed by atoms with van der Waals surface area (Å²) in [4.78, 5) is 17.0. The van der Waals surface area contributed by atoms with Crippen molar-refractivity contribution in [2.75, 3.05) is 37.7 Å². The minimum atomic E-state index is -0.271. The van der Waals surface area contributed by atoms with Crippen LogP contribution in [0.3, 0.4) is 0 Å². The van der Waals surface area contributed by atoms with Crippen molar-refractivity contribution in [3.63, 3.8) is 0 Å². The average molecular weight is 385 g/mol. The van der Waals surface area contributed by atoms with E-state index >= 15 is 0 Å². The molecule has 0 radical (unpaired) electrons. The summed E-state index contributed by atoms with van der Waals surface area (Å²) in [7, 11) is 0. The summed E-state index contributed by atoms with van der Waals surface area (Å²) in [6.45, 7) is 8.29. The number of piperazine rings is 1. The lowest BCUT2D eigenvalue weighted by Gasteiger charge is -2.39. The fraction of sp³-hybridized carbons (Fsp3) is 0.409. The molecular formula is C22H28FN3O2. The van der Waals surface area contributed by atoms with Gasteiger partial charge in [0.25, 0.3) is 0 Å². The van der Waals surface area contributed by atoms with E-state index in [-0.39, 0.29) is 17.8 Å². The zero-order valence-corrected chi connectivity index (χ0v) is 16.5. The van der Waals surface area contributed by atoms with Gasteiger partial charge in [-0.3, -0.25) is 9.69 Å². The highest BCUT2D eigenvalue weighted by Crippen LogP contribution is 2.29. The molecule has 5 nitrogen and oxygen atoms in total. The largest absolute Gasteiger partial charge is 0.492 e. The third kappa shape index (κ3) is 5.01. The summed E-state index contributed by atoms with van der Waals surface area (Å²) in [5.74, 6) is 0.628. The minimum absolute atomic E-state index is 0.00695. The fourth-order valence-electron chi connectivity index (χ4n) is 3.45. The molecule has 0 spiro atoms. The van der Waals surface area contributed by atoms with Crippen LogP contribution in [0.4, 0.5) is 10.1 Å².